The van der Waals surface area contributed by atoms with Crippen LogP contribution in [0.3, 0.4) is 0 Å². The van der Waals surface area contributed by atoms with Gasteiger partial charge < -0.3 is 4.74 Å². The fourth-order valence-corrected chi connectivity index (χ4v) is 2.50. The molecule has 0 bridgehead atoms. The molecule has 0 amide bonds. The van der Waals surface area contributed by atoms with E-state index in [9.17, 15) is 13.2 Å². The first-order valence-electron chi connectivity index (χ1n) is 6.19. The Labute approximate surface area is 119 Å². The van der Waals surface area contributed by atoms with Crippen LogP contribution < -0.4 is 10.0 Å². The number of benzene rings is 1. The minimum atomic E-state index is -3.43. The van der Waals surface area contributed by atoms with Crippen LogP contribution in [0.2, 0.25) is 0 Å². The summed E-state index contributed by atoms with van der Waals surface area (Å²) in [6.45, 7) is 3.60. The number of methoxy groups -OCH3 is 1. The topological polar surface area (TPSA) is 84.5 Å². The van der Waals surface area contributed by atoms with Crippen molar-refractivity contribution in [2.75, 3.05) is 14.2 Å². The Bertz CT molecular complexity index is 554. The van der Waals surface area contributed by atoms with Crippen LogP contribution in [0.15, 0.2) is 29.2 Å². The number of ether oxygens (including phenoxy) is 1. The Balaban J connectivity index is 2.81. The highest BCUT2D eigenvalue weighted by Crippen LogP contribution is 2.16. The molecule has 0 unspecified atom stereocenters. The Morgan fingerprint density at radius 1 is 1.20 bits per heavy atom. The summed E-state index contributed by atoms with van der Waals surface area (Å²) in [5.41, 5.74) is 0.885. The third-order valence-corrected chi connectivity index (χ3v) is 4.44. The molecule has 0 spiro atoms. The van der Waals surface area contributed by atoms with Gasteiger partial charge in [-0.3, -0.25) is 10.1 Å². The lowest BCUT2D eigenvalue weighted by atomic mass is 10.1. The summed E-state index contributed by atoms with van der Waals surface area (Å²) in [4.78, 5) is 11.5. The van der Waals surface area contributed by atoms with E-state index in [-0.39, 0.29) is 16.9 Å². The smallest absolute Gasteiger partial charge is 0.322 e. The van der Waals surface area contributed by atoms with Gasteiger partial charge in [0.2, 0.25) is 10.0 Å². The second-order valence-electron chi connectivity index (χ2n) is 4.41. The first-order chi connectivity index (χ1) is 9.31. The number of carbonyl (C=O) groups excluding carboxylic acids is 1. The van der Waals surface area contributed by atoms with E-state index in [1.165, 1.54) is 26.3 Å². The van der Waals surface area contributed by atoms with Crippen molar-refractivity contribution in [3.63, 3.8) is 0 Å². The van der Waals surface area contributed by atoms with Crippen molar-refractivity contribution in [3.8, 4) is 0 Å². The standard InChI is InChI=1S/C13H20N2O4S/c1-9(15-10(2)13(16)19-4)11-5-7-12(8-6-11)20(17,18)14-3/h5-10,14-15H,1-4H3/t9-,10+/m0/s1. The third-order valence-electron chi connectivity index (χ3n) is 3.01. The van der Waals surface area contributed by atoms with Crippen LogP contribution in [-0.4, -0.2) is 34.6 Å². The molecular formula is C13H20N2O4S. The van der Waals surface area contributed by atoms with Crippen LogP contribution in [0, 0.1) is 0 Å². The summed E-state index contributed by atoms with van der Waals surface area (Å²) >= 11 is 0. The molecule has 7 heteroatoms. The van der Waals surface area contributed by atoms with Crippen LogP contribution in [0.4, 0.5) is 0 Å². The summed E-state index contributed by atoms with van der Waals surface area (Å²) in [5, 5.41) is 3.08. The lowest BCUT2D eigenvalue weighted by Gasteiger charge is -2.18. The first kappa shape index (κ1) is 16.6. The summed E-state index contributed by atoms with van der Waals surface area (Å²) < 4.78 is 30.1. The van der Waals surface area contributed by atoms with Crippen LogP contribution >= 0.6 is 0 Å². The number of nitrogens with one attached hydrogen (secondary N) is 2. The second kappa shape index (κ2) is 6.83. The fraction of sp³-hybridized carbons (Fsp3) is 0.462. The van der Waals surface area contributed by atoms with E-state index >= 15 is 0 Å². The zero-order valence-corrected chi connectivity index (χ0v) is 12.8. The van der Waals surface area contributed by atoms with Crippen molar-refractivity contribution in [3.05, 3.63) is 29.8 Å². The largest absolute Gasteiger partial charge is 0.468 e. The van der Waals surface area contributed by atoms with Crippen LogP contribution in [-0.2, 0) is 19.6 Å². The maximum Gasteiger partial charge on any atom is 0.322 e. The van der Waals surface area contributed by atoms with Gasteiger partial charge in [0, 0.05) is 6.04 Å². The quantitative estimate of drug-likeness (QED) is 0.759. The van der Waals surface area contributed by atoms with E-state index in [0.717, 1.165) is 5.56 Å². The van der Waals surface area contributed by atoms with Gasteiger partial charge in [0.15, 0.2) is 0 Å². The number of sulfonamides is 1. The number of rotatable bonds is 6. The highest BCUT2D eigenvalue weighted by molar-refractivity contribution is 7.89. The maximum absolute atomic E-state index is 11.6. The average Bonchev–Trinajstić information content (AvgIpc) is 2.46. The highest BCUT2D eigenvalue weighted by Gasteiger charge is 2.17. The van der Waals surface area contributed by atoms with Crippen molar-refractivity contribution >= 4 is 16.0 Å². The molecule has 0 aromatic heterocycles. The Hall–Kier alpha value is -1.44. The molecule has 20 heavy (non-hydrogen) atoms. The number of hydrogen-bond donors (Lipinski definition) is 2. The molecular weight excluding hydrogens is 280 g/mol. The predicted molar refractivity (Wildman–Crippen MR) is 75.7 cm³/mol. The zero-order valence-electron chi connectivity index (χ0n) is 12.0. The molecule has 1 rings (SSSR count). The molecule has 6 nitrogen and oxygen atoms in total. The highest BCUT2D eigenvalue weighted by atomic mass is 32.2. The molecule has 0 heterocycles. The minimum Gasteiger partial charge on any atom is -0.468 e. The van der Waals surface area contributed by atoms with Gasteiger partial charge in [0.05, 0.1) is 12.0 Å². The molecule has 0 aliphatic rings. The number of carbonyl (C=O) groups is 1. The first-order valence-corrected chi connectivity index (χ1v) is 7.67. The van der Waals surface area contributed by atoms with E-state index in [2.05, 4.69) is 14.8 Å². The van der Waals surface area contributed by atoms with E-state index in [1.54, 1.807) is 19.1 Å². The fourth-order valence-electron chi connectivity index (χ4n) is 1.77. The van der Waals surface area contributed by atoms with Gasteiger partial charge in [-0.25, -0.2) is 13.1 Å². The van der Waals surface area contributed by atoms with Gasteiger partial charge in [-0.15, -0.1) is 0 Å². The van der Waals surface area contributed by atoms with Crippen LogP contribution in [0.1, 0.15) is 25.5 Å². The lowest BCUT2D eigenvalue weighted by molar-refractivity contribution is -0.142. The van der Waals surface area contributed by atoms with E-state index in [1.807, 2.05) is 6.92 Å². The lowest BCUT2D eigenvalue weighted by Crippen LogP contribution is -2.36. The molecule has 0 aliphatic heterocycles. The summed E-state index contributed by atoms with van der Waals surface area (Å²) in [7, 11) is -0.723. The van der Waals surface area contributed by atoms with Crippen LogP contribution in [0.25, 0.3) is 0 Å². The molecule has 0 saturated heterocycles. The van der Waals surface area contributed by atoms with Gasteiger partial charge in [-0.1, -0.05) is 12.1 Å². The second-order valence-corrected chi connectivity index (χ2v) is 6.30. The van der Waals surface area contributed by atoms with Gasteiger partial charge in [0.1, 0.15) is 6.04 Å². The molecule has 0 radical (unpaired) electrons. The molecule has 112 valence electrons. The van der Waals surface area contributed by atoms with Gasteiger partial charge in [-0.2, -0.15) is 0 Å². The molecule has 2 N–H and O–H groups in total. The summed E-state index contributed by atoms with van der Waals surface area (Å²) in [6, 6.07) is 5.95. The van der Waals surface area contributed by atoms with Gasteiger partial charge in [-0.05, 0) is 38.6 Å². The zero-order chi connectivity index (χ0) is 15.3. The van der Waals surface area contributed by atoms with E-state index in [0.29, 0.717) is 0 Å². The van der Waals surface area contributed by atoms with E-state index < -0.39 is 16.1 Å². The molecule has 0 saturated carbocycles. The van der Waals surface area contributed by atoms with Crippen molar-refractivity contribution in [2.24, 2.45) is 0 Å². The van der Waals surface area contributed by atoms with Crippen molar-refractivity contribution in [1.29, 1.82) is 0 Å². The monoisotopic (exact) mass is 300 g/mol. The Kier molecular flexibility index (Phi) is 5.67. The Morgan fingerprint density at radius 3 is 2.20 bits per heavy atom. The van der Waals surface area contributed by atoms with Crippen molar-refractivity contribution < 1.29 is 17.9 Å². The average molecular weight is 300 g/mol. The number of esters is 1. The Morgan fingerprint density at radius 2 is 1.75 bits per heavy atom. The molecule has 1 aromatic carbocycles. The van der Waals surface area contributed by atoms with Crippen molar-refractivity contribution in [1.82, 2.24) is 10.0 Å². The normalized spacial score (nSPS) is 14.6. The third kappa shape index (κ3) is 4.03. The van der Waals surface area contributed by atoms with Gasteiger partial charge in [0.25, 0.3) is 0 Å². The number of hydrogen-bond acceptors (Lipinski definition) is 5. The molecule has 1 aromatic rings. The van der Waals surface area contributed by atoms with Crippen LogP contribution in [0.5, 0.6) is 0 Å². The maximum atomic E-state index is 11.6. The summed E-state index contributed by atoms with van der Waals surface area (Å²) in [6.07, 6.45) is 0. The molecule has 0 aliphatic carbocycles. The molecule has 0 fully saturated rings. The molecule has 2 atom stereocenters. The van der Waals surface area contributed by atoms with E-state index in [4.69, 9.17) is 0 Å². The van der Waals surface area contributed by atoms with Gasteiger partial charge >= 0.3 is 5.97 Å². The van der Waals surface area contributed by atoms with Crippen molar-refractivity contribution in [2.45, 2.75) is 30.8 Å². The summed E-state index contributed by atoms with van der Waals surface area (Å²) in [5.74, 6) is -0.341. The minimum absolute atomic E-state index is 0.101. The SMILES string of the molecule is CNS(=O)(=O)c1ccc([C@H](C)N[C@H](C)C(=O)OC)cc1. The predicted octanol–water partition coefficient (Wildman–Crippen LogP) is 0.807.